The molecule has 0 saturated heterocycles. The second-order valence-electron chi connectivity index (χ2n) is 4.48. The highest BCUT2D eigenvalue weighted by molar-refractivity contribution is 5.86. The van der Waals surface area contributed by atoms with Gasteiger partial charge in [-0.1, -0.05) is 25.7 Å². The number of nitrogens with two attached hydrogens (primary N) is 2. The SMILES string of the molecule is NC(=O)CC(NC1CCCCCC1)C(N)=O. The molecule has 0 aromatic rings. The normalized spacial score (nSPS) is 20.0. The fourth-order valence-electron chi connectivity index (χ4n) is 2.17. The lowest BCUT2D eigenvalue weighted by atomic mass is 10.1. The molecule has 1 fully saturated rings. The van der Waals surface area contributed by atoms with Crippen LogP contribution >= 0.6 is 0 Å². The van der Waals surface area contributed by atoms with Gasteiger partial charge in [0, 0.05) is 6.04 Å². The minimum absolute atomic E-state index is 0.00810. The summed E-state index contributed by atoms with van der Waals surface area (Å²) in [6.45, 7) is 0. The summed E-state index contributed by atoms with van der Waals surface area (Å²) in [4.78, 5) is 21.9. The van der Waals surface area contributed by atoms with E-state index in [4.69, 9.17) is 11.5 Å². The molecule has 5 heteroatoms. The second kappa shape index (κ2) is 6.48. The van der Waals surface area contributed by atoms with Crippen LogP contribution in [-0.4, -0.2) is 23.9 Å². The number of carbonyl (C=O) groups excluding carboxylic acids is 2. The average molecular weight is 227 g/mol. The molecule has 5 nitrogen and oxygen atoms in total. The van der Waals surface area contributed by atoms with E-state index in [1.807, 2.05) is 0 Å². The molecule has 0 heterocycles. The highest BCUT2D eigenvalue weighted by atomic mass is 16.2. The summed E-state index contributed by atoms with van der Waals surface area (Å²) >= 11 is 0. The van der Waals surface area contributed by atoms with Crippen molar-refractivity contribution in [3.63, 3.8) is 0 Å². The average Bonchev–Trinajstić information content (AvgIpc) is 2.44. The lowest BCUT2D eigenvalue weighted by molar-refractivity contribution is -0.125. The van der Waals surface area contributed by atoms with Gasteiger partial charge in [0.25, 0.3) is 0 Å². The molecule has 0 aromatic heterocycles. The van der Waals surface area contributed by atoms with Gasteiger partial charge in [-0.25, -0.2) is 0 Å². The van der Waals surface area contributed by atoms with Gasteiger partial charge in [0.1, 0.15) is 0 Å². The third-order valence-corrected chi connectivity index (χ3v) is 3.04. The molecular weight excluding hydrogens is 206 g/mol. The van der Waals surface area contributed by atoms with Gasteiger partial charge in [-0.15, -0.1) is 0 Å². The van der Waals surface area contributed by atoms with Crippen LogP contribution in [-0.2, 0) is 9.59 Å². The molecule has 1 aliphatic rings. The molecule has 1 atom stereocenters. The standard InChI is InChI=1S/C11H21N3O2/c12-10(15)7-9(11(13)16)14-8-5-3-1-2-4-6-8/h8-9,14H,1-7H2,(H2,12,15)(H2,13,16). The van der Waals surface area contributed by atoms with E-state index >= 15 is 0 Å². The van der Waals surface area contributed by atoms with Crippen LogP contribution in [0.15, 0.2) is 0 Å². The Morgan fingerprint density at radius 2 is 1.69 bits per heavy atom. The van der Waals surface area contributed by atoms with Crippen molar-refractivity contribution in [1.82, 2.24) is 5.32 Å². The third-order valence-electron chi connectivity index (χ3n) is 3.04. The number of hydrogen-bond acceptors (Lipinski definition) is 3. The number of amides is 2. The third kappa shape index (κ3) is 4.61. The smallest absolute Gasteiger partial charge is 0.235 e. The van der Waals surface area contributed by atoms with Gasteiger partial charge in [-0.05, 0) is 12.8 Å². The zero-order valence-corrected chi connectivity index (χ0v) is 9.58. The topological polar surface area (TPSA) is 98.2 Å². The number of hydrogen-bond donors (Lipinski definition) is 3. The van der Waals surface area contributed by atoms with Crippen molar-refractivity contribution in [2.75, 3.05) is 0 Å². The molecule has 1 saturated carbocycles. The van der Waals surface area contributed by atoms with Gasteiger partial charge in [0.05, 0.1) is 12.5 Å². The summed E-state index contributed by atoms with van der Waals surface area (Å²) in [5.41, 5.74) is 10.3. The number of carbonyl (C=O) groups is 2. The van der Waals surface area contributed by atoms with E-state index < -0.39 is 17.9 Å². The second-order valence-corrected chi connectivity index (χ2v) is 4.48. The van der Waals surface area contributed by atoms with E-state index in [1.165, 1.54) is 25.7 Å². The first-order chi connectivity index (χ1) is 7.59. The predicted molar refractivity (Wildman–Crippen MR) is 61.4 cm³/mol. The van der Waals surface area contributed by atoms with E-state index in [0.29, 0.717) is 6.04 Å². The molecule has 1 unspecified atom stereocenters. The largest absolute Gasteiger partial charge is 0.370 e. The Kier molecular flexibility index (Phi) is 5.25. The summed E-state index contributed by atoms with van der Waals surface area (Å²) < 4.78 is 0. The highest BCUT2D eigenvalue weighted by Gasteiger charge is 2.22. The van der Waals surface area contributed by atoms with Crippen LogP contribution in [0.5, 0.6) is 0 Å². The fraction of sp³-hybridized carbons (Fsp3) is 0.818. The highest BCUT2D eigenvalue weighted by Crippen LogP contribution is 2.17. The van der Waals surface area contributed by atoms with Gasteiger partial charge in [-0.2, -0.15) is 0 Å². The summed E-state index contributed by atoms with van der Waals surface area (Å²) in [5, 5.41) is 3.15. The Bertz CT molecular complexity index is 248. The van der Waals surface area contributed by atoms with Gasteiger partial charge in [-0.3, -0.25) is 9.59 Å². The summed E-state index contributed by atoms with van der Waals surface area (Å²) in [6.07, 6.45) is 6.90. The minimum atomic E-state index is -0.611. The molecule has 0 bridgehead atoms. The van der Waals surface area contributed by atoms with Gasteiger partial charge in [0.15, 0.2) is 0 Å². The maximum atomic E-state index is 11.1. The van der Waals surface area contributed by atoms with Crippen molar-refractivity contribution in [3.05, 3.63) is 0 Å². The van der Waals surface area contributed by atoms with Crippen LogP contribution in [0.2, 0.25) is 0 Å². The monoisotopic (exact) mass is 227 g/mol. The lowest BCUT2D eigenvalue weighted by Crippen LogP contribution is -2.48. The van der Waals surface area contributed by atoms with Crippen molar-refractivity contribution in [2.45, 2.75) is 57.0 Å². The summed E-state index contributed by atoms with van der Waals surface area (Å²) in [6, 6.07) is -0.319. The van der Waals surface area contributed by atoms with Crippen molar-refractivity contribution in [2.24, 2.45) is 11.5 Å². The van der Waals surface area contributed by atoms with Crippen molar-refractivity contribution in [1.29, 1.82) is 0 Å². The molecule has 0 aromatic carbocycles. The van der Waals surface area contributed by atoms with E-state index in [-0.39, 0.29) is 6.42 Å². The maximum absolute atomic E-state index is 11.1. The fourth-order valence-corrected chi connectivity index (χ4v) is 2.17. The maximum Gasteiger partial charge on any atom is 0.235 e. The number of rotatable bonds is 5. The Labute approximate surface area is 95.9 Å². The summed E-state index contributed by atoms with van der Waals surface area (Å²) in [7, 11) is 0. The summed E-state index contributed by atoms with van der Waals surface area (Å²) in [5.74, 6) is -0.993. The van der Waals surface area contributed by atoms with Crippen LogP contribution in [0.25, 0.3) is 0 Å². The molecule has 1 aliphatic carbocycles. The van der Waals surface area contributed by atoms with E-state index in [1.54, 1.807) is 0 Å². The molecule has 1 rings (SSSR count). The Morgan fingerprint density at radius 3 is 2.12 bits per heavy atom. The zero-order valence-electron chi connectivity index (χ0n) is 9.58. The predicted octanol–water partition coefficient (Wildman–Crippen LogP) is 0.0281. The molecule has 0 spiro atoms. The van der Waals surface area contributed by atoms with Crippen LogP contribution in [0.3, 0.4) is 0 Å². The molecule has 0 aliphatic heterocycles. The molecular formula is C11H21N3O2. The van der Waals surface area contributed by atoms with Crippen LogP contribution < -0.4 is 16.8 Å². The first kappa shape index (κ1) is 13.0. The van der Waals surface area contributed by atoms with Gasteiger partial charge in [0.2, 0.25) is 11.8 Å². The van der Waals surface area contributed by atoms with Crippen molar-refractivity contribution in [3.8, 4) is 0 Å². The molecule has 16 heavy (non-hydrogen) atoms. The van der Waals surface area contributed by atoms with Gasteiger partial charge >= 0.3 is 0 Å². The van der Waals surface area contributed by atoms with Crippen LogP contribution in [0.4, 0.5) is 0 Å². The number of nitrogens with one attached hydrogen (secondary N) is 1. The molecule has 2 amide bonds. The number of primary amides is 2. The quantitative estimate of drug-likeness (QED) is 0.578. The molecule has 0 radical (unpaired) electrons. The molecule has 92 valence electrons. The first-order valence-electron chi connectivity index (χ1n) is 5.93. The zero-order chi connectivity index (χ0) is 12.0. The first-order valence-corrected chi connectivity index (χ1v) is 5.93. The van der Waals surface area contributed by atoms with E-state index in [2.05, 4.69) is 5.32 Å². The van der Waals surface area contributed by atoms with Crippen LogP contribution in [0.1, 0.15) is 44.9 Å². The lowest BCUT2D eigenvalue weighted by Gasteiger charge is -2.21. The van der Waals surface area contributed by atoms with Crippen molar-refractivity contribution < 1.29 is 9.59 Å². The van der Waals surface area contributed by atoms with Crippen LogP contribution in [0, 0.1) is 0 Å². The Morgan fingerprint density at radius 1 is 1.12 bits per heavy atom. The van der Waals surface area contributed by atoms with E-state index in [0.717, 1.165) is 12.8 Å². The molecule has 5 N–H and O–H groups in total. The van der Waals surface area contributed by atoms with Crippen molar-refractivity contribution >= 4 is 11.8 Å². The minimum Gasteiger partial charge on any atom is -0.370 e. The van der Waals surface area contributed by atoms with E-state index in [9.17, 15) is 9.59 Å². The Balaban J connectivity index is 2.45. The Hall–Kier alpha value is -1.10. The van der Waals surface area contributed by atoms with Gasteiger partial charge < -0.3 is 16.8 Å².